The molecule has 1 amide bonds. The molecule has 4 aromatic rings. The second-order valence-corrected chi connectivity index (χ2v) is 9.15. The van der Waals surface area contributed by atoms with Crippen molar-refractivity contribution in [2.24, 2.45) is 0 Å². The van der Waals surface area contributed by atoms with Crippen molar-refractivity contribution in [2.45, 2.75) is 12.3 Å². The van der Waals surface area contributed by atoms with E-state index in [0.29, 0.717) is 44.7 Å². The van der Waals surface area contributed by atoms with Crippen molar-refractivity contribution in [3.63, 3.8) is 0 Å². The first-order valence-electron chi connectivity index (χ1n) is 10.5. The number of nitriles is 1. The first-order chi connectivity index (χ1) is 16.9. The fourth-order valence-corrected chi connectivity index (χ4v) is 4.95. The lowest BCUT2D eigenvalue weighted by Crippen LogP contribution is -2.21. The minimum atomic E-state index is -0.963. The monoisotopic (exact) mass is 505 g/mol. The number of aromatic nitrogens is 1. The van der Waals surface area contributed by atoms with Gasteiger partial charge in [-0.15, -0.1) is 0 Å². The van der Waals surface area contributed by atoms with E-state index in [2.05, 4.69) is 10.3 Å². The van der Waals surface area contributed by atoms with Gasteiger partial charge in [0.15, 0.2) is 5.13 Å². The van der Waals surface area contributed by atoms with E-state index in [9.17, 15) is 20.0 Å². The lowest BCUT2D eigenvalue weighted by Gasteiger charge is -2.24. The van der Waals surface area contributed by atoms with Crippen LogP contribution in [0, 0.1) is 11.3 Å². The molecule has 35 heavy (non-hydrogen) atoms. The molecular formula is C25H16ClN3O5S. The number of nitrogens with one attached hydrogen (secondary N) is 1. The molecule has 1 atom stereocenters. The van der Waals surface area contributed by atoms with Gasteiger partial charge in [0, 0.05) is 17.2 Å². The van der Waals surface area contributed by atoms with E-state index in [1.807, 2.05) is 18.2 Å². The van der Waals surface area contributed by atoms with Gasteiger partial charge in [0.1, 0.15) is 28.8 Å². The van der Waals surface area contributed by atoms with Crippen LogP contribution in [-0.2, 0) is 4.79 Å². The molecule has 1 aliphatic rings. The Balaban J connectivity index is 1.33. The fourth-order valence-electron chi connectivity index (χ4n) is 3.78. The highest BCUT2D eigenvalue weighted by Crippen LogP contribution is 2.40. The molecule has 0 fully saturated rings. The van der Waals surface area contributed by atoms with Crippen LogP contribution >= 0.6 is 22.9 Å². The van der Waals surface area contributed by atoms with Crippen molar-refractivity contribution in [3.05, 3.63) is 76.3 Å². The zero-order valence-corrected chi connectivity index (χ0v) is 19.5. The third kappa shape index (κ3) is 4.49. The van der Waals surface area contributed by atoms with Crippen molar-refractivity contribution < 1.29 is 24.2 Å². The lowest BCUT2D eigenvalue weighted by atomic mass is 9.91. The number of carbonyl (C=O) groups excluding carboxylic acids is 1. The normalized spacial score (nSPS) is 14.5. The predicted octanol–water partition coefficient (Wildman–Crippen LogP) is 5.82. The van der Waals surface area contributed by atoms with Gasteiger partial charge in [-0.3, -0.25) is 14.9 Å². The number of carboxylic acid groups (broad SMARTS) is 1. The lowest BCUT2D eigenvalue weighted by molar-refractivity contribution is -0.139. The zero-order valence-electron chi connectivity index (χ0n) is 17.9. The number of aliphatic carboxylic acids is 1. The van der Waals surface area contributed by atoms with Crippen LogP contribution in [0.2, 0.25) is 5.02 Å². The summed E-state index contributed by atoms with van der Waals surface area (Å²) in [5, 5.41) is 22.7. The van der Waals surface area contributed by atoms with E-state index in [0.717, 1.165) is 4.70 Å². The molecule has 0 spiro atoms. The molecule has 0 bridgehead atoms. The van der Waals surface area contributed by atoms with Crippen molar-refractivity contribution in [1.82, 2.24) is 4.98 Å². The quantitative estimate of drug-likeness (QED) is 0.350. The first kappa shape index (κ1) is 22.7. The molecule has 1 aliphatic heterocycles. The number of nitrogens with zero attached hydrogens (tertiary/aromatic N) is 2. The van der Waals surface area contributed by atoms with E-state index in [4.69, 9.17) is 21.1 Å². The minimum Gasteiger partial charge on any atom is -0.493 e. The van der Waals surface area contributed by atoms with E-state index < -0.39 is 11.9 Å². The molecule has 0 saturated heterocycles. The number of anilines is 1. The number of rotatable bonds is 5. The van der Waals surface area contributed by atoms with E-state index >= 15 is 0 Å². The van der Waals surface area contributed by atoms with Crippen molar-refractivity contribution in [2.75, 3.05) is 11.9 Å². The maximum atomic E-state index is 12.7. The number of amides is 1. The first-order valence-corrected chi connectivity index (χ1v) is 11.7. The molecular weight excluding hydrogens is 490 g/mol. The van der Waals surface area contributed by atoms with Gasteiger partial charge in [0.05, 0.1) is 27.8 Å². The Labute approximate surface area is 208 Å². The Morgan fingerprint density at radius 1 is 1.23 bits per heavy atom. The molecule has 10 heteroatoms. The van der Waals surface area contributed by atoms with Crippen LogP contribution in [0.1, 0.15) is 33.8 Å². The molecule has 0 radical (unpaired) electrons. The molecule has 2 N–H and O–H groups in total. The summed E-state index contributed by atoms with van der Waals surface area (Å²) < 4.78 is 12.3. The summed E-state index contributed by atoms with van der Waals surface area (Å²) in [6, 6.07) is 16.9. The zero-order chi connectivity index (χ0) is 24.5. The number of hydrogen-bond acceptors (Lipinski definition) is 7. The molecule has 2 heterocycles. The van der Waals surface area contributed by atoms with Crippen LogP contribution in [0.4, 0.5) is 5.13 Å². The number of ether oxygens (including phenoxy) is 2. The Morgan fingerprint density at radius 3 is 2.74 bits per heavy atom. The summed E-state index contributed by atoms with van der Waals surface area (Å²) >= 11 is 7.48. The number of benzene rings is 3. The van der Waals surface area contributed by atoms with Crippen LogP contribution < -0.4 is 14.8 Å². The van der Waals surface area contributed by atoms with E-state index in [-0.39, 0.29) is 23.8 Å². The van der Waals surface area contributed by atoms with Crippen molar-refractivity contribution in [3.8, 4) is 23.3 Å². The van der Waals surface area contributed by atoms with E-state index in [1.165, 1.54) is 23.5 Å². The third-order valence-electron chi connectivity index (χ3n) is 5.50. The standard InChI is InChI=1S/C25H16ClN3O5S/c26-18-2-1-3-21-22(18)28-25(35-21)29-23(30)13-4-6-15(7-5-13)34-19-11-20-17(10-14(19)12-27)16(24(31)32)8-9-33-20/h1-7,10-11,16H,8-9H2,(H,31,32)(H,28,29,30). The Hall–Kier alpha value is -4.13. The highest BCUT2D eigenvalue weighted by atomic mass is 35.5. The molecule has 3 aromatic carbocycles. The van der Waals surface area contributed by atoms with Crippen LogP contribution in [0.5, 0.6) is 17.2 Å². The molecule has 1 aromatic heterocycles. The topological polar surface area (TPSA) is 122 Å². The maximum Gasteiger partial charge on any atom is 0.311 e. The Bertz CT molecular complexity index is 1510. The van der Waals surface area contributed by atoms with Gasteiger partial charge >= 0.3 is 5.97 Å². The number of thiazole rings is 1. The second kappa shape index (κ2) is 9.25. The highest BCUT2D eigenvalue weighted by Gasteiger charge is 2.29. The molecule has 1 unspecified atom stereocenters. The average Bonchev–Trinajstić information content (AvgIpc) is 3.27. The van der Waals surface area contributed by atoms with E-state index in [1.54, 1.807) is 30.3 Å². The summed E-state index contributed by atoms with van der Waals surface area (Å²) in [5.41, 5.74) is 1.67. The highest BCUT2D eigenvalue weighted by molar-refractivity contribution is 7.22. The van der Waals surface area contributed by atoms with Gasteiger partial charge in [0.25, 0.3) is 5.91 Å². The SMILES string of the molecule is N#Cc1cc2c(cc1Oc1ccc(C(=O)Nc3nc4c(Cl)cccc4s3)cc1)OCCC2C(=O)O. The summed E-state index contributed by atoms with van der Waals surface area (Å²) in [5.74, 6) is -1.02. The third-order valence-corrected chi connectivity index (χ3v) is 6.75. The largest absolute Gasteiger partial charge is 0.493 e. The van der Waals surface area contributed by atoms with Gasteiger partial charge < -0.3 is 14.6 Å². The number of para-hydroxylation sites is 1. The molecule has 0 saturated carbocycles. The molecule has 8 nitrogen and oxygen atoms in total. The molecule has 0 aliphatic carbocycles. The van der Waals surface area contributed by atoms with Crippen molar-refractivity contribution in [1.29, 1.82) is 5.26 Å². The molecule has 5 rings (SSSR count). The number of halogens is 1. The summed E-state index contributed by atoms with van der Waals surface area (Å²) in [6.45, 7) is 0.264. The summed E-state index contributed by atoms with van der Waals surface area (Å²) in [7, 11) is 0. The van der Waals surface area contributed by atoms with Crippen LogP contribution in [0.3, 0.4) is 0 Å². The van der Waals surface area contributed by atoms with Crippen molar-refractivity contribution >= 4 is 50.2 Å². The Kier molecular flexibility index (Phi) is 5.99. The smallest absolute Gasteiger partial charge is 0.311 e. The number of fused-ring (bicyclic) bond motifs is 2. The van der Waals surface area contributed by atoms with Crippen LogP contribution in [0.15, 0.2) is 54.6 Å². The predicted molar refractivity (Wildman–Crippen MR) is 131 cm³/mol. The molecule has 174 valence electrons. The minimum absolute atomic E-state index is 0.191. The number of carboxylic acids is 1. The van der Waals surface area contributed by atoms with Gasteiger partial charge in [-0.1, -0.05) is 29.0 Å². The number of carbonyl (C=O) groups is 2. The fraction of sp³-hybridized carbons (Fsp3) is 0.120. The number of hydrogen-bond donors (Lipinski definition) is 2. The summed E-state index contributed by atoms with van der Waals surface area (Å²) in [4.78, 5) is 28.6. The maximum absolute atomic E-state index is 12.7. The van der Waals surface area contributed by atoms with Gasteiger partial charge in [-0.05, 0) is 48.9 Å². The van der Waals surface area contributed by atoms with Gasteiger partial charge in [-0.2, -0.15) is 5.26 Å². The van der Waals surface area contributed by atoms with Gasteiger partial charge in [0.2, 0.25) is 0 Å². The Morgan fingerprint density at radius 2 is 2.03 bits per heavy atom. The van der Waals surface area contributed by atoms with Crippen LogP contribution in [0.25, 0.3) is 10.2 Å². The second-order valence-electron chi connectivity index (χ2n) is 7.71. The summed E-state index contributed by atoms with van der Waals surface area (Å²) in [6.07, 6.45) is 0.334. The van der Waals surface area contributed by atoms with Gasteiger partial charge in [-0.25, -0.2) is 4.98 Å². The van der Waals surface area contributed by atoms with Crippen LogP contribution in [-0.4, -0.2) is 28.6 Å². The average molecular weight is 506 g/mol.